The average molecular weight is 284 g/mol. The molecule has 102 valence electrons. The molecule has 1 aromatic carbocycles. The van der Waals surface area contributed by atoms with E-state index in [1.54, 1.807) is 4.90 Å². The molecule has 0 bridgehead atoms. The largest absolute Gasteiger partial charge is 0.333 e. The zero-order valence-corrected chi connectivity index (χ0v) is 11.2. The average Bonchev–Trinajstić information content (AvgIpc) is 2.38. The summed E-state index contributed by atoms with van der Waals surface area (Å²) < 4.78 is 0. The second-order valence-electron chi connectivity index (χ2n) is 4.47. The van der Waals surface area contributed by atoms with Crippen LogP contribution in [0, 0.1) is 10.1 Å². The van der Waals surface area contributed by atoms with E-state index in [2.05, 4.69) is 5.32 Å². The maximum Gasteiger partial charge on any atom is 0.270 e. The lowest BCUT2D eigenvalue weighted by molar-refractivity contribution is -0.384. The first-order valence-corrected chi connectivity index (χ1v) is 6.34. The quantitative estimate of drug-likeness (QED) is 0.662. The molecule has 1 heterocycles. The van der Waals surface area contributed by atoms with Crippen LogP contribution in [-0.2, 0) is 0 Å². The second kappa shape index (κ2) is 5.54. The summed E-state index contributed by atoms with van der Waals surface area (Å²) in [7, 11) is 0. The Morgan fingerprint density at radius 3 is 2.89 bits per heavy atom. The van der Waals surface area contributed by atoms with E-state index in [1.807, 2.05) is 6.92 Å². The zero-order chi connectivity index (χ0) is 14.0. The van der Waals surface area contributed by atoms with Gasteiger partial charge in [-0.25, -0.2) is 0 Å². The Bertz CT molecular complexity index is 521. The molecule has 7 heteroatoms. The topological polar surface area (TPSA) is 75.5 Å². The summed E-state index contributed by atoms with van der Waals surface area (Å²) >= 11 is 5.97. The number of carbonyl (C=O) groups is 1. The summed E-state index contributed by atoms with van der Waals surface area (Å²) in [5.74, 6) is -0.186. The molecular formula is C12H14ClN3O3. The highest BCUT2D eigenvalue weighted by molar-refractivity contribution is 6.34. The van der Waals surface area contributed by atoms with Gasteiger partial charge < -0.3 is 10.2 Å². The molecule has 1 aromatic rings. The van der Waals surface area contributed by atoms with E-state index in [4.69, 9.17) is 11.6 Å². The number of hydrogen-bond donors (Lipinski definition) is 1. The third-order valence-corrected chi connectivity index (χ3v) is 3.47. The minimum absolute atomic E-state index is 0.0764. The first kappa shape index (κ1) is 13.8. The fraction of sp³-hybridized carbons (Fsp3) is 0.417. The Balaban J connectivity index is 2.26. The molecule has 0 aliphatic carbocycles. The fourth-order valence-corrected chi connectivity index (χ4v) is 2.34. The highest BCUT2D eigenvalue weighted by Gasteiger charge is 2.26. The highest BCUT2D eigenvalue weighted by Crippen LogP contribution is 2.24. The van der Waals surface area contributed by atoms with Gasteiger partial charge in [-0.05, 0) is 13.0 Å². The number of non-ortho nitro benzene ring substituents is 1. The van der Waals surface area contributed by atoms with Crippen molar-refractivity contribution in [3.63, 3.8) is 0 Å². The molecular weight excluding hydrogens is 270 g/mol. The zero-order valence-electron chi connectivity index (χ0n) is 10.4. The SMILES string of the molecule is C[C@H]1CNCCN1C(=O)c1ccc([N+](=O)[O-])cc1Cl. The van der Waals surface area contributed by atoms with Crippen LogP contribution in [0.4, 0.5) is 5.69 Å². The van der Waals surface area contributed by atoms with Gasteiger partial charge in [-0.2, -0.15) is 0 Å². The molecule has 1 saturated heterocycles. The van der Waals surface area contributed by atoms with Crippen LogP contribution in [0.5, 0.6) is 0 Å². The molecule has 0 radical (unpaired) electrons. The van der Waals surface area contributed by atoms with Gasteiger partial charge in [0.2, 0.25) is 0 Å². The van der Waals surface area contributed by atoms with Crippen LogP contribution in [0.1, 0.15) is 17.3 Å². The van der Waals surface area contributed by atoms with Crippen LogP contribution >= 0.6 is 11.6 Å². The lowest BCUT2D eigenvalue weighted by Crippen LogP contribution is -2.52. The van der Waals surface area contributed by atoms with E-state index in [1.165, 1.54) is 18.2 Å². The molecule has 2 rings (SSSR count). The summed E-state index contributed by atoms with van der Waals surface area (Å²) in [5.41, 5.74) is 0.191. The van der Waals surface area contributed by atoms with Gasteiger partial charge >= 0.3 is 0 Å². The smallest absolute Gasteiger partial charge is 0.270 e. The minimum atomic E-state index is -0.534. The number of rotatable bonds is 2. The van der Waals surface area contributed by atoms with Crippen molar-refractivity contribution in [3.05, 3.63) is 38.9 Å². The van der Waals surface area contributed by atoms with Crippen LogP contribution in [0.15, 0.2) is 18.2 Å². The van der Waals surface area contributed by atoms with E-state index in [9.17, 15) is 14.9 Å². The van der Waals surface area contributed by atoms with Crippen molar-refractivity contribution >= 4 is 23.2 Å². The number of nitro groups is 1. The number of benzene rings is 1. The number of carbonyl (C=O) groups excluding carboxylic acids is 1. The molecule has 0 spiro atoms. The van der Waals surface area contributed by atoms with Crippen LogP contribution in [-0.4, -0.2) is 41.4 Å². The second-order valence-corrected chi connectivity index (χ2v) is 4.88. The first-order valence-electron chi connectivity index (χ1n) is 5.96. The number of piperazine rings is 1. The lowest BCUT2D eigenvalue weighted by Gasteiger charge is -2.34. The molecule has 0 saturated carbocycles. The Morgan fingerprint density at radius 1 is 1.58 bits per heavy atom. The van der Waals surface area contributed by atoms with E-state index < -0.39 is 4.92 Å². The number of halogens is 1. The van der Waals surface area contributed by atoms with Crippen LogP contribution < -0.4 is 5.32 Å². The van der Waals surface area contributed by atoms with Crippen LogP contribution in [0.2, 0.25) is 5.02 Å². The Kier molecular flexibility index (Phi) is 4.01. The van der Waals surface area contributed by atoms with Crippen molar-refractivity contribution in [1.29, 1.82) is 0 Å². The predicted molar refractivity (Wildman–Crippen MR) is 71.5 cm³/mol. The highest BCUT2D eigenvalue weighted by atomic mass is 35.5. The van der Waals surface area contributed by atoms with E-state index in [-0.39, 0.29) is 22.7 Å². The number of nitrogens with one attached hydrogen (secondary N) is 1. The van der Waals surface area contributed by atoms with Gasteiger partial charge in [-0.1, -0.05) is 11.6 Å². The van der Waals surface area contributed by atoms with Crippen molar-refractivity contribution in [2.24, 2.45) is 0 Å². The molecule has 19 heavy (non-hydrogen) atoms. The fourth-order valence-electron chi connectivity index (χ4n) is 2.09. The monoisotopic (exact) mass is 283 g/mol. The molecule has 1 aliphatic heterocycles. The van der Waals surface area contributed by atoms with Gasteiger partial charge in [0.25, 0.3) is 11.6 Å². The molecule has 1 aliphatic rings. The maximum atomic E-state index is 12.4. The van der Waals surface area contributed by atoms with Gasteiger partial charge in [-0.15, -0.1) is 0 Å². The summed E-state index contributed by atoms with van der Waals surface area (Å²) in [6.45, 7) is 4.02. The van der Waals surface area contributed by atoms with Gasteiger partial charge in [0, 0.05) is 37.8 Å². The van der Waals surface area contributed by atoms with Crippen molar-refractivity contribution in [1.82, 2.24) is 10.2 Å². The molecule has 1 fully saturated rings. The third-order valence-electron chi connectivity index (χ3n) is 3.16. The van der Waals surface area contributed by atoms with Crippen LogP contribution in [0.3, 0.4) is 0 Å². The normalized spacial score (nSPS) is 19.3. The Labute approximate surface area is 115 Å². The summed E-state index contributed by atoms with van der Waals surface area (Å²) in [6, 6.07) is 4.00. The van der Waals surface area contributed by atoms with Gasteiger partial charge in [-0.3, -0.25) is 14.9 Å². The Hall–Kier alpha value is -1.66. The predicted octanol–water partition coefficient (Wildman–Crippen LogP) is 1.68. The Morgan fingerprint density at radius 2 is 2.32 bits per heavy atom. The van der Waals surface area contributed by atoms with Gasteiger partial charge in [0.05, 0.1) is 15.5 Å². The van der Waals surface area contributed by atoms with Gasteiger partial charge in [0.1, 0.15) is 0 Å². The molecule has 1 amide bonds. The molecule has 0 unspecified atom stereocenters. The third kappa shape index (κ3) is 2.85. The van der Waals surface area contributed by atoms with E-state index in [0.29, 0.717) is 12.1 Å². The summed E-state index contributed by atoms with van der Waals surface area (Å²) in [6.07, 6.45) is 0. The van der Waals surface area contributed by atoms with Crippen LogP contribution in [0.25, 0.3) is 0 Å². The lowest BCUT2D eigenvalue weighted by atomic mass is 10.1. The summed E-state index contributed by atoms with van der Waals surface area (Å²) in [4.78, 5) is 24.2. The van der Waals surface area contributed by atoms with Crippen molar-refractivity contribution in [2.45, 2.75) is 13.0 Å². The van der Waals surface area contributed by atoms with Crippen molar-refractivity contribution < 1.29 is 9.72 Å². The number of hydrogen-bond acceptors (Lipinski definition) is 4. The van der Waals surface area contributed by atoms with Gasteiger partial charge in [0.15, 0.2) is 0 Å². The number of nitrogens with zero attached hydrogens (tertiary/aromatic N) is 2. The van der Waals surface area contributed by atoms with E-state index in [0.717, 1.165) is 13.1 Å². The molecule has 6 nitrogen and oxygen atoms in total. The van der Waals surface area contributed by atoms with E-state index >= 15 is 0 Å². The van der Waals surface area contributed by atoms with Crippen molar-refractivity contribution in [2.75, 3.05) is 19.6 Å². The first-order chi connectivity index (χ1) is 9.00. The van der Waals surface area contributed by atoms with Crippen molar-refractivity contribution in [3.8, 4) is 0 Å². The molecule has 1 N–H and O–H groups in total. The number of nitro benzene ring substituents is 1. The minimum Gasteiger partial charge on any atom is -0.333 e. The molecule has 0 aromatic heterocycles. The maximum absolute atomic E-state index is 12.4. The standard InChI is InChI=1S/C12H14ClN3O3/c1-8-7-14-4-5-15(8)12(17)10-3-2-9(16(18)19)6-11(10)13/h2-3,6,8,14H,4-5,7H2,1H3/t8-/m0/s1. The number of amides is 1. The molecule has 1 atom stereocenters. The summed E-state index contributed by atoms with van der Waals surface area (Å²) in [5, 5.41) is 13.9.